The lowest BCUT2D eigenvalue weighted by molar-refractivity contribution is 1.39. The van der Waals surface area contributed by atoms with Crippen molar-refractivity contribution in [3.05, 3.63) is 169 Å². The maximum absolute atomic E-state index is 2.43. The first kappa shape index (κ1) is 22.5. The van der Waals surface area contributed by atoms with E-state index in [0.717, 1.165) is 0 Å². The van der Waals surface area contributed by atoms with Crippen LogP contribution in [0.15, 0.2) is 133 Å². The molecule has 0 saturated heterocycles. The molecule has 2 radical (unpaired) electrons. The monoisotopic (exact) mass is 528 g/mol. The first-order valence-corrected chi connectivity index (χ1v) is 14.7. The van der Waals surface area contributed by atoms with Crippen LogP contribution in [0.1, 0.15) is 22.3 Å². The number of hydrogen-bond donors (Lipinski definition) is 0. The molecule has 0 bridgehead atoms. The van der Waals surface area contributed by atoms with Gasteiger partial charge in [-0.3, -0.25) is 0 Å². The summed E-state index contributed by atoms with van der Waals surface area (Å²) in [7, 11) is 0. The summed E-state index contributed by atoms with van der Waals surface area (Å²) >= 11 is 0. The molecule has 0 spiro atoms. The number of hydrogen-bond acceptors (Lipinski definition) is 0. The average molecular weight is 529 g/mol. The molecule has 42 heavy (non-hydrogen) atoms. The molecule has 0 aromatic heterocycles. The summed E-state index contributed by atoms with van der Waals surface area (Å²) < 4.78 is 0. The van der Waals surface area contributed by atoms with Gasteiger partial charge in [0.15, 0.2) is 0 Å². The molecular weight excluding hydrogens is 504 g/mol. The molecule has 2 aliphatic carbocycles. The van der Waals surface area contributed by atoms with Crippen LogP contribution in [-0.2, 0) is 0 Å². The fourth-order valence-electron chi connectivity index (χ4n) is 7.76. The fourth-order valence-corrected chi connectivity index (χ4v) is 7.76. The van der Waals surface area contributed by atoms with Gasteiger partial charge in [0.25, 0.3) is 0 Å². The Labute approximate surface area is 244 Å². The van der Waals surface area contributed by atoms with Gasteiger partial charge in [-0.2, -0.15) is 0 Å². The minimum atomic E-state index is 1.29. The molecule has 2 aliphatic rings. The molecule has 8 aromatic rings. The smallest absolute Gasteiger partial charge is 0.0218 e. The van der Waals surface area contributed by atoms with Crippen LogP contribution in [0.3, 0.4) is 0 Å². The predicted octanol–water partition coefficient (Wildman–Crippen LogP) is 11.1. The highest BCUT2D eigenvalue weighted by Crippen LogP contribution is 2.49. The maximum atomic E-state index is 2.43. The van der Waals surface area contributed by atoms with Gasteiger partial charge in [-0.25, -0.2) is 0 Å². The summed E-state index contributed by atoms with van der Waals surface area (Å²) in [5.74, 6) is 0. The second kappa shape index (κ2) is 8.18. The van der Waals surface area contributed by atoms with Crippen molar-refractivity contribution in [3.63, 3.8) is 0 Å². The summed E-state index contributed by atoms with van der Waals surface area (Å²) in [6, 6.07) is 49.5. The van der Waals surface area contributed by atoms with E-state index in [2.05, 4.69) is 146 Å². The van der Waals surface area contributed by atoms with E-state index < -0.39 is 0 Å². The van der Waals surface area contributed by atoms with Gasteiger partial charge in [0, 0.05) is 12.8 Å². The number of rotatable bonds is 1. The average Bonchev–Trinajstić information content (AvgIpc) is 3.05. The molecule has 0 unspecified atom stereocenters. The van der Waals surface area contributed by atoms with E-state index in [0.29, 0.717) is 0 Å². The van der Waals surface area contributed by atoms with E-state index in [9.17, 15) is 0 Å². The molecule has 8 aromatic carbocycles. The van der Waals surface area contributed by atoms with Gasteiger partial charge in [-0.05, 0) is 111 Å². The third-order valence-corrected chi connectivity index (χ3v) is 9.51. The van der Waals surface area contributed by atoms with Gasteiger partial charge in [0.2, 0.25) is 0 Å². The van der Waals surface area contributed by atoms with Gasteiger partial charge in [-0.1, -0.05) is 121 Å². The largest absolute Gasteiger partial charge is 0.0616 e. The molecule has 0 atom stereocenters. The van der Waals surface area contributed by atoms with E-state index in [1.165, 1.54) is 98.7 Å². The first-order valence-electron chi connectivity index (χ1n) is 14.7. The molecule has 0 saturated carbocycles. The normalized spacial score (nSPS) is 13.0. The zero-order valence-corrected chi connectivity index (χ0v) is 22.9. The Hall–Kier alpha value is -5.20. The van der Waals surface area contributed by atoms with E-state index in [1.807, 2.05) is 0 Å². The lowest BCUT2D eigenvalue weighted by Gasteiger charge is -2.27. The standard InChI is InChI=1S/C42H24/c1-3-11-29-25(9-1)21-27-23-39-31(13-5-15-33(39)37-19-7-17-35(29)41(27)37)32-14-6-16-34-38-20-8-18-36-30-12-4-2-10-26(30)22-28(42(36)38)24-40(32)34/h1-24H. The molecule has 192 valence electrons. The molecule has 0 N–H and O–H groups in total. The van der Waals surface area contributed by atoms with Crippen LogP contribution in [-0.4, -0.2) is 0 Å². The fraction of sp³-hybridized carbons (Fsp3) is 0. The topological polar surface area (TPSA) is 0 Å². The van der Waals surface area contributed by atoms with Crippen molar-refractivity contribution in [2.24, 2.45) is 0 Å². The Bertz CT molecular complexity index is 2280. The highest BCUT2D eigenvalue weighted by molar-refractivity contribution is 6.18. The van der Waals surface area contributed by atoms with Crippen LogP contribution >= 0.6 is 0 Å². The lowest BCUT2D eigenvalue weighted by Crippen LogP contribution is -2.05. The summed E-state index contributed by atoms with van der Waals surface area (Å²) in [5, 5.41) is 10.6. The summed E-state index contributed by atoms with van der Waals surface area (Å²) in [5.41, 5.74) is 13.0. The third kappa shape index (κ3) is 2.91. The minimum Gasteiger partial charge on any atom is -0.0616 e. The van der Waals surface area contributed by atoms with Crippen LogP contribution in [0.2, 0.25) is 0 Å². The molecule has 0 aliphatic heterocycles. The number of benzene rings is 8. The molecular formula is C42H24. The quantitative estimate of drug-likeness (QED) is 0.186. The summed E-state index contributed by atoms with van der Waals surface area (Å²) in [4.78, 5) is 0. The van der Waals surface area contributed by atoms with Crippen LogP contribution in [0.25, 0.3) is 76.5 Å². The van der Waals surface area contributed by atoms with Crippen LogP contribution < -0.4 is 0 Å². The molecule has 0 heterocycles. The van der Waals surface area contributed by atoms with E-state index in [4.69, 9.17) is 0 Å². The second-order valence-corrected chi connectivity index (χ2v) is 11.7. The highest BCUT2D eigenvalue weighted by atomic mass is 14.3. The SMILES string of the molecule is [CH]1c2c(-c3cccc4c3[CH]c3cc5ccccc5c5cccc-4c35)cccc2-c2cccc3c2c1cc1ccccc13. The highest BCUT2D eigenvalue weighted by Gasteiger charge is 2.26. The van der Waals surface area contributed by atoms with Gasteiger partial charge in [-0.15, -0.1) is 0 Å². The van der Waals surface area contributed by atoms with Crippen molar-refractivity contribution >= 4 is 43.1 Å². The molecule has 0 amide bonds. The Morgan fingerprint density at radius 2 is 0.643 bits per heavy atom. The van der Waals surface area contributed by atoms with Gasteiger partial charge in [0.05, 0.1) is 0 Å². The molecule has 0 heteroatoms. The van der Waals surface area contributed by atoms with Crippen LogP contribution in [0.4, 0.5) is 0 Å². The molecule has 0 fully saturated rings. The van der Waals surface area contributed by atoms with Crippen LogP contribution in [0.5, 0.6) is 0 Å². The van der Waals surface area contributed by atoms with Crippen molar-refractivity contribution in [1.82, 2.24) is 0 Å². The Balaban J connectivity index is 1.23. The summed E-state index contributed by atoms with van der Waals surface area (Å²) in [6.45, 7) is 0. The van der Waals surface area contributed by atoms with E-state index in [1.54, 1.807) is 0 Å². The lowest BCUT2D eigenvalue weighted by atomic mass is 9.76. The summed E-state index contributed by atoms with van der Waals surface area (Å²) in [6.07, 6.45) is 4.85. The van der Waals surface area contributed by atoms with Crippen molar-refractivity contribution in [1.29, 1.82) is 0 Å². The zero-order chi connectivity index (χ0) is 27.4. The van der Waals surface area contributed by atoms with Crippen molar-refractivity contribution in [2.45, 2.75) is 0 Å². The van der Waals surface area contributed by atoms with Gasteiger partial charge >= 0.3 is 0 Å². The van der Waals surface area contributed by atoms with Crippen molar-refractivity contribution < 1.29 is 0 Å². The first-order chi connectivity index (χ1) is 20.8. The Morgan fingerprint density at radius 3 is 1.12 bits per heavy atom. The van der Waals surface area contributed by atoms with Gasteiger partial charge in [0.1, 0.15) is 0 Å². The van der Waals surface area contributed by atoms with Crippen molar-refractivity contribution in [3.8, 4) is 33.4 Å². The molecule has 0 nitrogen and oxygen atoms in total. The third-order valence-electron chi connectivity index (χ3n) is 9.51. The molecule has 10 rings (SSSR count). The van der Waals surface area contributed by atoms with Crippen LogP contribution in [0, 0.1) is 12.8 Å². The zero-order valence-electron chi connectivity index (χ0n) is 22.9. The predicted molar refractivity (Wildman–Crippen MR) is 178 cm³/mol. The van der Waals surface area contributed by atoms with Crippen molar-refractivity contribution in [2.75, 3.05) is 0 Å². The Kier molecular flexibility index (Phi) is 4.38. The number of fused-ring (bicyclic) bond motifs is 8. The maximum Gasteiger partial charge on any atom is 0.0218 e. The van der Waals surface area contributed by atoms with Gasteiger partial charge < -0.3 is 0 Å². The second-order valence-electron chi connectivity index (χ2n) is 11.7. The van der Waals surface area contributed by atoms with E-state index >= 15 is 0 Å². The minimum absolute atomic E-state index is 1.29. The Morgan fingerprint density at radius 1 is 0.286 bits per heavy atom. The van der Waals surface area contributed by atoms with E-state index in [-0.39, 0.29) is 0 Å².